The molecule has 5 nitrogen and oxygen atoms in total. The summed E-state index contributed by atoms with van der Waals surface area (Å²) in [6.07, 6.45) is 7.82. The molecule has 5 rings (SSSR count). The Hall–Kier alpha value is -2.92. The van der Waals surface area contributed by atoms with E-state index in [-0.39, 0.29) is 0 Å². The van der Waals surface area contributed by atoms with Crippen LogP contribution >= 0.6 is 0 Å². The Balaban J connectivity index is 1.45. The molecule has 0 aliphatic carbocycles. The Kier molecular flexibility index (Phi) is 4.24. The number of piperidine rings is 1. The molecule has 5 heteroatoms. The molecule has 0 spiro atoms. The number of nitrogens with zero attached hydrogens (tertiary/aromatic N) is 4. The summed E-state index contributed by atoms with van der Waals surface area (Å²) in [7, 11) is 2.10. The quantitative estimate of drug-likeness (QED) is 0.591. The first-order valence-electron chi connectivity index (χ1n) is 9.89. The molecule has 0 saturated carbocycles. The van der Waals surface area contributed by atoms with E-state index in [1.54, 1.807) is 0 Å². The third-order valence-corrected chi connectivity index (χ3v) is 6.09. The minimum absolute atomic E-state index is 0.299. The molecule has 4 aromatic rings. The summed E-state index contributed by atoms with van der Waals surface area (Å²) in [5, 5.41) is 11.7. The van der Waals surface area contributed by atoms with E-state index < -0.39 is 0 Å². The van der Waals surface area contributed by atoms with Crippen molar-refractivity contribution >= 4 is 27.6 Å². The van der Waals surface area contributed by atoms with Crippen LogP contribution in [0.4, 0.5) is 5.82 Å². The number of pyridine rings is 2. The minimum Gasteiger partial charge on any atom is -0.396 e. The van der Waals surface area contributed by atoms with Crippen LogP contribution in [-0.4, -0.2) is 39.3 Å². The summed E-state index contributed by atoms with van der Waals surface area (Å²) in [5.74, 6) is 1.47. The first kappa shape index (κ1) is 17.2. The van der Waals surface area contributed by atoms with Gasteiger partial charge in [-0.15, -0.1) is 0 Å². The number of hydrogen-bond acceptors (Lipinski definition) is 4. The van der Waals surface area contributed by atoms with Crippen molar-refractivity contribution < 1.29 is 5.11 Å². The van der Waals surface area contributed by atoms with Crippen LogP contribution in [0.2, 0.25) is 0 Å². The van der Waals surface area contributed by atoms with Crippen LogP contribution in [0.15, 0.2) is 55.0 Å². The fraction of sp³-hybridized carbons (Fsp3) is 0.304. The molecule has 1 N–H and O–H groups in total. The average molecular weight is 372 g/mol. The van der Waals surface area contributed by atoms with E-state index in [9.17, 15) is 5.11 Å². The summed E-state index contributed by atoms with van der Waals surface area (Å²) in [5.41, 5.74) is 4.70. The maximum absolute atomic E-state index is 9.31. The van der Waals surface area contributed by atoms with Crippen LogP contribution in [0.1, 0.15) is 12.8 Å². The molecule has 28 heavy (non-hydrogen) atoms. The first-order valence-corrected chi connectivity index (χ1v) is 9.89. The predicted octanol–water partition coefficient (Wildman–Crippen LogP) is 4.00. The van der Waals surface area contributed by atoms with Gasteiger partial charge in [-0.05, 0) is 48.6 Å². The van der Waals surface area contributed by atoms with Crippen molar-refractivity contribution in [3.05, 3.63) is 55.0 Å². The maximum Gasteiger partial charge on any atom is 0.128 e. The number of aryl methyl sites for hydroxylation is 1. The van der Waals surface area contributed by atoms with Crippen molar-refractivity contribution in [2.75, 3.05) is 24.6 Å². The summed E-state index contributed by atoms with van der Waals surface area (Å²) >= 11 is 0. The molecule has 4 heterocycles. The van der Waals surface area contributed by atoms with Gasteiger partial charge in [-0.1, -0.05) is 12.1 Å². The number of hydrogen-bond donors (Lipinski definition) is 1. The van der Waals surface area contributed by atoms with Crippen LogP contribution in [0, 0.1) is 5.92 Å². The topological polar surface area (TPSA) is 54.2 Å². The molecule has 3 aromatic heterocycles. The zero-order valence-corrected chi connectivity index (χ0v) is 16.0. The number of benzene rings is 1. The SMILES string of the molecule is Cn1c2ccncc2c2ccc(-c3ccc(N4CCC(CO)CC4)nc3)cc21. The van der Waals surface area contributed by atoms with E-state index >= 15 is 0 Å². The molecular weight excluding hydrogens is 348 g/mol. The molecule has 1 aliphatic rings. The summed E-state index contributed by atoms with van der Waals surface area (Å²) < 4.78 is 2.23. The summed E-state index contributed by atoms with van der Waals surface area (Å²) in [4.78, 5) is 11.3. The van der Waals surface area contributed by atoms with Crippen molar-refractivity contribution in [1.29, 1.82) is 0 Å². The smallest absolute Gasteiger partial charge is 0.128 e. The van der Waals surface area contributed by atoms with Gasteiger partial charge >= 0.3 is 0 Å². The van der Waals surface area contributed by atoms with E-state index in [1.807, 2.05) is 18.6 Å². The molecule has 1 aliphatic heterocycles. The normalized spacial score (nSPS) is 15.6. The van der Waals surface area contributed by atoms with Gasteiger partial charge in [0, 0.05) is 67.2 Å². The van der Waals surface area contributed by atoms with Crippen LogP contribution in [0.5, 0.6) is 0 Å². The number of aliphatic hydroxyl groups excluding tert-OH is 1. The lowest BCUT2D eigenvalue weighted by molar-refractivity contribution is 0.203. The van der Waals surface area contributed by atoms with Crippen LogP contribution < -0.4 is 4.90 Å². The van der Waals surface area contributed by atoms with Crippen molar-refractivity contribution in [3.63, 3.8) is 0 Å². The molecule has 142 valence electrons. The highest BCUT2D eigenvalue weighted by atomic mass is 16.3. The Labute approximate surface area is 164 Å². The van der Waals surface area contributed by atoms with Crippen LogP contribution in [-0.2, 0) is 7.05 Å². The van der Waals surface area contributed by atoms with Gasteiger partial charge in [0.2, 0.25) is 0 Å². The van der Waals surface area contributed by atoms with Gasteiger partial charge in [-0.2, -0.15) is 0 Å². The second-order valence-electron chi connectivity index (χ2n) is 7.70. The lowest BCUT2D eigenvalue weighted by Crippen LogP contribution is -2.35. The van der Waals surface area contributed by atoms with Gasteiger partial charge in [-0.25, -0.2) is 4.98 Å². The van der Waals surface area contributed by atoms with Crippen LogP contribution in [0.3, 0.4) is 0 Å². The molecule has 0 amide bonds. The molecule has 1 saturated heterocycles. The summed E-state index contributed by atoms with van der Waals surface area (Å²) in [6.45, 7) is 2.23. The van der Waals surface area contributed by atoms with Gasteiger partial charge in [0.1, 0.15) is 5.82 Å². The third kappa shape index (κ3) is 2.83. The first-order chi connectivity index (χ1) is 13.7. The highest BCUT2D eigenvalue weighted by molar-refractivity contribution is 6.08. The Morgan fingerprint density at radius 1 is 0.964 bits per heavy atom. The van der Waals surface area contributed by atoms with Crippen molar-refractivity contribution in [3.8, 4) is 11.1 Å². The van der Waals surface area contributed by atoms with E-state index in [2.05, 4.69) is 57.9 Å². The average Bonchev–Trinajstić information content (AvgIpc) is 3.06. The van der Waals surface area contributed by atoms with Crippen molar-refractivity contribution in [2.45, 2.75) is 12.8 Å². The number of anilines is 1. The highest BCUT2D eigenvalue weighted by Crippen LogP contribution is 2.31. The Bertz CT molecular complexity index is 1120. The van der Waals surface area contributed by atoms with Gasteiger partial charge < -0.3 is 14.6 Å². The number of fused-ring (bicyclic) bond motifs is 3. The predicted molar refractivity (Wildman–Crippen MR) is 113 cm³/mol. The molecule has 1 fully saturated rings. The molecule has 0 atom stereocenters. The Morgan fingerprint density at radius 2 is 1.79 bits per heavy atom. The maximum atomic E-state index is 9.31. The summed E-state index contributed by atoms with van der Waals surface area (Å²) in [6, 6.07) is 12.9. The number of rotatable bonds is 3. The molecular formula is C23H24N4O. The van der Waals surface area contributed by atoms with E-state index in [0.717, 1.165) is 37.3 Å². The van der Waals surface area contributed by atoms with Crippen molar-refractivity contribution in [1.82, 2.24) is 14.5 Å². The Morgan fingerprint density at radius 3 is 2.54 bits per heavy atom. The number of aliphatic hydroxyl groups is 1. The van der Waals surface area contributed by atoms with Crippen molar-refractivity contribution in [2.24, 2.45) is 13.0 Å². The number of aromatic nitrogens is 3. The second kappa shape index (κ2) is 6.91. The lowest BCUT2D eigenvalue weighted by atomic mass is 9.98. The zero-order valence-electron chi connectivity index (χ0n) is 16.0. The lowest BCUT2D eigenvalue weighted by Gasteiger charge is -2.32. The molecule has 0 unspecified atom stereocenters. The van der Waals surface area contributed by atoms with E-state index in [4.69, 9.17) is 4.98 Å². The second-order valence-corrected chi connectivity index (χ2v) is 7.70. The fourth-order valence-corrected chi connectivity index (χ4v) is 4.32. The molecule has 1 aromatic carbocycles. The third-order valence-electron chi connectivity index (χ3n) is 6.09. The van der Waals surface area contributed by atoms with Gasteiger partial charge in [0.05, 0.1) is 5.52 Å². The standard InChI is InChI=1S/C23H24N4O/c1-26-21-6-9-24-14-20(21)19-4-2-17(12-22(19)26)18-3-5-23(25-13-18)27-10-7-16(15-28)8-11-27/h2-6,9,12-14,16,28H,7-8,10-11,15H2,1H3. The van der Waals surface area contributed by atoms with E-state index in [1.165, 1.54) is 27.4 Å². The minimum atomic E-state index is 0.299. The zero-order chi connectivity index (χ0) is 19.1. The van der Waals surface area contributed by atoms with Crippen LogP contribution in [0.25, 0.3) is 32.9 Å². The monoisotopic (exact) mass is 372 g/mol. The molecule has 0 radical (unpaired) electrons. The van der Waals surface area contributed by atoms with Gasteiger partial charge in [0.15, 0.2) is 0 Å². The van der Waals surface area contributed by atoms with Gasteiger partial charge in [-0.3, -0.25) is 4.98 Å². The van der Waals surface area contributed by atoms with Gasteiger partial charge in [0.25, 0.3) is 0 Å². The largest absolute Gasteiger partial charge is 0.396 e. The highest BCUT2D eigenvalue weighted by Gasteiger charge is 2.19. The van der Waals surface area contributed by atoms with E-state index in [0.29, 0.717) is 12.5 Å². The molecule has 0 bridgehead atoms. The fourth-order valence-electron chi connectivity index (χ4n) is 4.32.